The third-order valence-electron chi connectivity index (χ3n) is 7.36. The molecule has 5 rings (SSSR count). The van der Waals surface area contributed by atoms with Crippen LogP contribution >= 0.6 is 0 Å². The Bertz CT molecular complexity index is 889. The summed E-state index contributed by atoms with van der Waals surface area (Å²) in [5.74, 6) is 1.35. The van der Waals surface area contributed by atoms with Gasteiger partial charge >= 0.3 is 0 Å². The van der Waals surface area contributed by atoms with Gasteiger partial charge < -0.3 is 14.9 Å². The maximum atomic E-state index is 13.7. The van der Waals surface area contributed by atoms with Crippen LogP contribution in [0.25, 0.3) is 10.9 Å². The molecule has 1 amide bonds. The molecule has 0 radical (unpaired) electrons. The Morgan fingerprint density at radius 2 is 1.72 bits per heavy atom. The van der Waals surface area contributed by atoms with E-state index in [2.05, 4.69) is 34.1 Å². The SMILES string of the molecule is O=C1N(C2CCC(O)CC2)CCCC12CCCN(c1ccc3ccccc3n1)C2. The highest BCUT2D eigenvalue weighted by molar-refractivity contribution is 5.85. The van der Waals surface area contributed by atoms with Crippen LogP contribution < -0.4 is 4.90 Å². The Balaban J connectivity index is 1.37. The molecule has 0 bridgehead atoms. The summed E-state index contributed by atoms with van der Waals surface area (Å²) in [5.41, 5.74) is 0.752. The van der Waals surface area contributed by atoms with Crippen LogP contribution in [0.4, 0.5) is 5.82 Å². The van der Waals surface area contributed by atoms with Crippen molar-refractivity contribution < 1.29 is 9.90 Å². The van der Waals surface area contributed by atoms with Gasteiger partial charge in [-0.1, -0.05) is 18.2 Å². The van der Waals surface area contributed by atoms with E-state index < -0.39 is 0 Å². The highest BCUT2D eigenvalue weighted by Gasteiger charge is 2.48. The van der Waals surface area contributed by atoms with Crippen LogP contribution in [-0.2, 0) is 4.79 Å². The molecule has 2 aromatic rings. The second-order valence-corrected chi connectivity index (χ2v) is 9.23. The van der Waals surface area contributed by atoms with Gasteiger partial charge in [0.05, 0.1) is 17.0 Å². The molecule has 1 saturated carbocycles. The lowest BCUT2D eigenvalue weighted by Crippen LogP contribution is -2.59. The first-order chi connectivity index (χ1) is 14.1. The van der Waals surface area contributed by atoms with Crippen molar-refractivity contribution in [2.24, 2.45) is 5.41 Å². The number of likely N-dealkylation sites (tertiary alicyclic amines) is 1. The predicted molar refractivity (Wildman–Crippen MR) is 115 cm³/mol. The molecule has 3 fully saturated rings. The van der Waals surface area contributed by atoms with Gasteiger partial charge in [0, 0.05) is 31.1 Å². The molecule has 1 atom stereocenters. The van der Waals surface area contributed by atoms with Gasteiger partial charge in [-0.15, -0.1) is 0 Å². The molecule has 154 valence electrons. The van der Waals surface area contributed by atoms with E-state index in [0.717, 1.165) is 87.7 Å². The summed E-state index contributed by atoms with van der Waals surface area (Å²) in [6.45, 7) is 2.63. The first-order valence-electron chi connectivity index (χ1n) is 11.2. The number of carbonyl (C=O) groups excluding carboxylic acids is 1. The topological polar surface area (TPSA) is 56.7 Å². The third kappa shape index (κ3) is 3.50. The number of aliphatic hydroxyl groups excluding tert-OH is 1. The van der Waals surface area contributed by atoms with E-state index in [1.54, 1.807) is 0 Å². The number of hydrogen-bond acceptors (Lipinski definition) is 4. The van der Waals surface area contributed by atoms with Crippen molar-refractivity contribution in [2.45, 2.75) is 63.5 Å². The maximum absolute atomic E-state index is 13.7. The van der Waals surface area contributed by atoms with Gasteiger partial charge in [0.2, 0.25) is 5.91 Å². The maximum Gasteiger partial charge on any atom is 0.230 e. The number of para-hydroxylation sites is 1. The normalized spacial score (nSPS) is 30.9. The van der Waals surface area contributed by atoms with Crippen molar-refractivity contribution in [2.75, 3.05) is 24.5 Å². The summed E-state index contributed by atoms with van der Waals surface area (Å²) in [5, 5.41) is 11.0. The molecule has 1 N–H and O–H groups in total. The van der Waals surface area contributed by atoms with Gasteiger partial charge in [-0.3, -0.25) is 4.79 Å². The summed E-state index contributed by atoms with van der Waals surface area (Å²) >= 11 is 0. The fourth-order valence-electron chi connectivity index (χ4n) is 5.76. The van der Waals surface area contributed by atoms with Gasteiger partial charge in [0.15, 0.2) is 0 Å². The van der Waals surface area contributed by atoms with E-state index in [-0.39, 0.29) is 11.5 Å². The molecule has 1 unspecified atom stereocenters. The molecule has 29 heavy (non-hydrogen) atoms. The molecule has 3 aliphatic rings. The molecular weight excluding hydrogens is 362 g/mol. The van der Waals surface area contributed by atoms with E-state index in [1.165, 1.54) is 0 Å². The zero-order valence-electron chi connectivity index (χ0n) is 17.1. The van der Waals surface area contributed by atoms with E-state index >= 15 is 0 Å². The average Bonchev–Trinajstić information content (AvgIpc) is 2.76. The Kier molecular flexibility index (Phi) is 4.94. The summed E-state index contributed by atoms with van der Waals surface area (Å²) in [4.78, 5) is 23.1. The van der Waals surface area contributed by atoms with Gasteiger partial charge in [0.25, 0.3) is 0 Å². The summed E-state index contributed by atoms with van der Waals surface area (Å²) in [7, 11) is 0. The van der Waals surface area contributed by atoms with Crippen molar-refractivity contribution in [1.29, 1.82) is 0 Å². The summed E-state index contributed by atoms with van der Waals surface area (Å²) in [6.07, 6.45) is 7.47. The third-order valence-corrected chi connectivity index (χ3v) is 7.36. The first-order valence-corrected chi connectivity index (χ1v) is 11.2. The van der Waals surface area contributed by atoms with E-state index in [4.69, 9.17) is 4.98 Å². The number of piperidine rings is 2. The molecule has 5 heteroatoms. The zero-order chi connectivity index (χ0) is 19.8. The molecule has 1 aromatic heterocycles. The summed E-state index contributed by atoms with van der Waals surface area (Å²) in [6, 6.07) is 12.8. The van der Waals surface area contributed by atoms with Crippen molar-refractivity contribution in [1.82, 2.24) is 9.88 Å². The lowest BCUT2D eigenvalue weighted by atomic mass is 9.72. The monoisotopic (exact) mass is 393 g/mol. The Hall–Kier alpha value is -2.14. The minimum Gasteiger partial charge on any atom is -0.393 e. The Morgan fingerprint density at radius 3 is 2.55 bits per heavy atom. The number of rotatable bonds is 2. The molecular formula is C24H31N3O2. The van der Waals surface area contributed by atoms with Crippen LogP contribution in [0.15, 0.2) is 36.4 Å². The zero-order valence-corrected chi connectivity index (χ0v) is 17.1. The fourth-order valence-corrected chi connectivity index (χ4v) is 5.76. The van der Waals surface area contributed by atoms with Crippen molar-refractivity contribution >= 4 is 22.6 Å². The number of fused-ring (bicyclic) bond motifs is 1. The smallest absolute Gasteiger partial charge is 0.230 e. The van der Waals surface area contributed by atoms with Crippen LogP contribution in [0, 0.1) is 5.41 Å². The standard InChI is InChI=1S/C24H31N3O2/c28-20-10-8-19(9-11-20)27-16-4-14-24(23(27)29)13-3-15-26(17-24)22-12-7-18-5-1-2-6-21(18)25-22/h1-2,5-7,12,19-20,28H,3-4,8-11,13-17H2. The van der Waals surface area contributed by atoms with Crippen molar-refractivity contribution in [3.05, 3.63) is 36.4 Å². The second kappa shape index (κ2) is 7.60. The minimum atomic E-state index is -0.264. The molecule has 1 spiro atoms. The highest BCUT2D eigenvalue weighted by atomic mass is 16.3. The Morgan fingerprint density at radius 1 is 0.966 bits per heavy atom. The van der Waals surface area contributed by atoms with E-state index in [9.17, 15) is 9.90 Å². The molecule has 1 aromatic carbocycles. The minimum absolute atomic E-state index is 0.177. The van der Waals surface area contributed by atoms with E-state index in [0.29, 0.717) is 11.9 Å². The fraction of sp³-hybridized carbons (Fsp3) is 0.583. The number of pyridine rings is 1. The van der Waals surface area contributed by atoms with Crippen molar-refractivity contribution in [3.8, 4) is 0 Å². The predicted octanol–water partition coefficient (Wildman–Crippen LogP) is 3.75. The largest absolute Gasteiger partial charge is 0.393 e. The van der Waals surface area contributed by atoms with Crippen LogP contribution in [-0.4, -0.2) is 52.7 Å². The number of amides is 1. The summed E-state index contributed by atoms with van der Waals surface area (Å²) < 4.78 is 0. The van der Waals surface area contributed by atoms with Gasteiger partial charge in [-0.25, -0.2) is 4.98 Å². The number of aromatic nitrogens is 1. The number of aliphatic hydroxyl groups is 1. The number of benzene rings is 1. The second-order valence-electron chi connectivity index (χ2n) is 9.23. The molecule has 3 heterocycles. The Labute approximate surface area is 172 Å². The van der Waals surface area contributed by atoms with Crippen molar-refractivity contribution in [3.63, 3.8) is 0 Å². The molecule has 2 aliphatic heterocycles. The number of nitrogens with zero attached hydrogens (tertiary/aromatic N) is 3. The number of carbonyl (C=O) groups is 1. The molecule has 1 aliphatic carbocycles. The number of hydrogen-bond donors (Lipinski definition) is 1. The van der Waals surface area contributed by atoms with Crippen LogP contribution in [0.1, 0.15) is 51.4 Å². The lowest BCUT2D eigenvalue weighted by Gasteiger charge is -2.50. The van der Waals surface area contributed by atoms with Crippen LogP contribution in [0.3, 0.4) is 0 Å². The highest BCUT2D eigenvalue weighted by Crippen LogP contribution is 2.42. The van der Waals surface area contributed by atoms with Gasteiger partial charge in [-0.2, -0.15) is 0 Å². The molecule has 5 nitrogen and oxygen atoms in total. The number of anilines is 1. The van der Waals surface area contributed by atoms with E-state index in [1.807, 2.05) is 12.1 Å². The van der Waals surface area contributed by atoms with Crippen LogP contribution in [0.2, 0.25) is 0 Å². The van der Waals surface area contributed by atoms with Gasteiger partial charge in [0.1, 0.15) is 5.82 Å². The average molecular weight is 394 g/mol. The lowest BCUT2D eigenvalue weighted by molar-refractivity contribution is -0.151. The molecule has 2 saturated heterocycles. The quantitative estimate of drug-likeness (QED) is 0.844. The van der Waals surface area contributed by atoms with Gasteiger partial charge in [-0.05, 0) is 69.6 Å². The first kappa shape index (κ1) is 18.9. The van der Waals surface area contributed by atoms with Crippen LogP contribution in [0.5, 0.6) is 0 Å².